The fourth-order valence-corrected chi connectivity index (χ4v) is 2.24. The van der Waals surface area contributed by atoms with Gasteiger partial charge in [-0.2, -0.15) is 0 Å². The highest BCUT2D eigenvalue weighted by Gasteiger charge is 2.01. The number of nitrogens with one attached hydrogen (secondary N) is 1. The molecule has 2 aromatic rings. The summed E-state index contributed by atoms with van der Waals surface area (Å²) < 4.78 is 0. The molecule has 0 saturated carbocycles. The van der Waals surface area contributed by atoms with Crippen molar-refractivity contribution in [1.29, 1.82) is 0 Å². The van der Waals surface area contributed by atoms with Crippen LogP contribution in [0.25, 0.3) is 0 Å². The molecular formula is C12H13ClN2S. The molecule has 0 unspecified atom stereocenters. The Morgan fingerprint density at radius 2 is 1.94 bits per heavy atom. The molecule has 1 aromatic heterocycles. The topological polar surface area (TPSA) is 24.9 Å². The molecule has 4 heteroatoms. The first-order valence-corrected chi connectivity index (χ1v) is 6.39. The van der Waals surface area contributed by atoms with Crippen molar-refractivity contribution in [2.75, 3.05) is 5.32 Å². The third-order valence-electron chi connectivity index (χ3n) is 2.30. The summed E-state index contributed by atoms with van der Waals surface area (Å²) in [4.78, 5) is 4.14. The van der Waals surface area contributed by atoms with Crippen LogP contribution in [0, 0.1) is 0 Å². The van der Waals surface area contributed by atoms with Gasteiger partial charge in [0.05, 0.1) is 0 Å². The average molecular weight is 253 g/mol. The second kappa shape index (κ2) is 4.85. The van der Waals surface area contributed by atoms with Gasteiger partial charge in [0, 0.05) is 11.1 Å². The maximum absolute atomic E-state index is 5.75. The van der Waals surface area contributed by atoms with Crippen LogP contribution in [0.3, 0.4) is 0 Å². The first kappa shape index (κ1) is 11.4. The number of nitrogens with zero attached hydrogens (tertiary/aromatic N) is 1. The first-order chi connectivity index (χ1) is 7.65. The van der Waals surface area contributed by atoms with E-state index in [0.717, 1.165) is 10.8 Å². The summed E-state index contributed by atoms with van der Waals surface area (Å²) in [6.45, 7) is 4.37. The van der Waals surface area contributed by atoms with E-state index < -0.39 is 0 Å². The molecule has 1 heterocycles. The van der Waals surface area contributed by atoms with Crippen LogP contribution < -0.4 is 5.32 Å². The van der Waals surface area contributed by atoms with E-state index in [2.05, 4.69) is 48.4 Å². The van der Waals surface area contributed by atoms with E-state index >= 15 is 0 Å². The third-order valence-corrected chi connectivity index (χ3v) is 3.39. The minimum absolute atomic E-state index is 0.534. The van der Waals surface area contributed by atoms with E-state index in [0.29, 0.717) is 11.1 Å². The minimum Gasteiger partial charge on any atom is -0.332 e. The van der Waals surface area contributed by atoms with E-state index in [1.807, 2.05) is 5.38 Å². The Labute approximate surface area is 104 Å². The summed E-state index contributed by atoms with van der Waals surface area (Å²) in [5.74, 6) is 0.559. The number of halogens is 1. The molecule has 0 amide bonds. The Morgan fingerprint density at radius 1 is 1.25 bits per heavy atom. The van der Waals surface area contributed by atoms with E-state index in [9.17, 15) is 0 Å². The van der Waals surface area contributed by atoms with E-state index in [4.69, 9.17) is 11.6 Å². The molecule has 1 aromatic carbocycles. The van der Waals surface area contributed by atoms with Crippen molar-refractivity contribution in [3.63, 3.8) is 0 Å². The van der Waals surface area contributed by atoms with E-state index in [1.165, 1.54) is 16.9 Å². The van der Waals surface area contributed by atoms with Gasteiger partial charge in [-0.05, 0) is 23.6 Å². The lowest BCUT2D eigenvalue weighted by Crippen LogP contribution is -1.91. The first-order valence-electron chi connectivity index (χ1n) is 5.13. The molecule has 2 rings (SSSR count). The van der Waals surface area contributed by atoms with Gasteiger partial charge < -0.3 is 5.32 Å². The van der Waals surface area contributed by atoms with Gasteiger partial charge in [0.1, 0.15) is 5.15 Å². The van der Waals surface area contributed by atoms with Crippen LogP contribution in [-0.2, 0) is 0 Å². The van der Waals surface area contributed by atoms with Crippen molar-refractivity contribution in [2.45, 2.75) is 19.8 Å². The highest BCUT2D eigenvalue weighted by molar-refractivity contribution is 7.14. The molecular weight excluding hydrogens is 240 g/mol. The molecule has 0 aliphatic carbocycles. The Morgan fingerprint density at radius 3 is 2.44 bits per heavy atom. The van der Waals surface area contributed by atoms with E-state index in [1.54, 1.807) is 0 Å². The Bertz CT molecular complexity index is 462. The molecule has 0 aliphatic rings. The molecule has 2 nitrogen and oxygen atoms in total. The Hall–Kier alpha value is -1.06. The molecule has 0 radical (unpaired) electrons. The summed E-state index contributed by atoms with van der Waals surface area (Å²) >= 11 is 7.25. The summed E-state index contributed by atoms with van der Waals surface area (Å²) in [6, 6.07) is 8.37. The van der Waals surface area contributed by atoms with Crippen LogP contribution in [0.4, 0.5) is 10.8 Å². The average Bonchev–Trinajstić information content (AvgIpc) is 2.65. The van der Waals surface area contributed by atoms with Crippen molar-refractivity contribution in [2.24, 2.45) is 0 Å². The minimum atomic E-state index is 0.534. The second-order valence-corrected chi connectivity index (χ2v) is 5.12. The smallest absolute Gasteiger partial charge is 0.188 e. The van der Waals surface area contributed by atoms with Crippen molar-refractivity contribution >= 4 is 33.8 Å². The van der Waals surface area contributed by atoms with Crippen LogP contribution in [0.2, 0.25) is 5.15 Å². The molecule has 0 bridgehead atoms. The van der Waals surface area contributed by atoms with Gasteiger partial charge in [0.15, 0.2) is 5.13 Å². The number of thiazole rings is 1. The zero-order chi connectivity index (χ0) is 11.5. The molecule has 16 heavy (non-hydrogen) atoms. The summed E-state index contributed by atoms with van der Waals surface area (Å²) in [6.07, 6.45) is 0. The van der Waals surface area contributed by atoms with Gasteiger partial charge in [-0.3, -0.25) is 0 Å². The SMILES string of the molecule is CC(C)c1ccc(Nc2nc(Cl)cs2)cc1. The predicted molar refractivity (Wildman–Crippen MR) is 70.9 cm³/mol. The number of aromatic nitrogens is 1. The van der Waals surface area contributed by atoms with Crippen LogP contribution in [-0.4, -0.2) is 4.98 Å². The number of hydrogen-bond acceptors (Lipinski definition) is 3. The van der Waals surface area contributed by atoms with Gasteiger partial charge >= 0.3 is 0 Å². The number of benzene rings is 1. The lowest BCUT2D eigenvalue weighted by molar-refractivity contribution is 0.867. The van der Waals surface area contributed by atoms with Crippen LogP contribution in [0.1, 0.15) is 25.3 Å². The molecule has 0 fully saturated rings. The molecule has 0 aliphatic heterocycles. The van der Waals surface area contributed by atoms with Gasteiger partial charge in [-0.25, -0.2) is 4.98 Å². The highest BCUT2D eigenvalue weighted by Crippen LogP contribution is 2.24. The summed E-state index contributed by atoms with van der Waals surface area (Å²) in [5.41, 5.74) is 2.37. The van der Waals surface area contributed by atoms with Crippen LogP contribution >= 0.6 is 22.9 Å². The number of anilines is 2. The fourth-order valence-electron chi connectivity index (χ4n) is 1.39. The van der Waals surface area contributed by atoms with E-state index in [-0.39, 0.29) is 0 Å². The van der Waals surface area contributed by atoms with Crippen molar-refractivity contribution in [1.82, 2.24) is 4.98 Å². The molecule has 0 spiro atoms. The maximum atomic E-state index is 5.75. The Balaban J connectivity index is 2.11. The standard InChI is InChI=1S/C12H13ClN2S/c1-8(2)9-3-5-10(6-4-9)14-12-15-11(13)7-16-12/h3-8H,1-2H3,(H,14,15). The molecule has 0 saturated heterocycles. The largest absolute Gasteiger partial charge is 0.332 e. The normalized spacial score (nSPS) is 10.8. The number of rotatable bonds is 3. The van der Waals surface area contributed by atoms with Gasteiger partial charge in [-0.1, -0.05) is 37.6 Å². The van der Waals surface area contributed by atoms with Crippen molar-refractivity contribution in [3.05, 3.63) is 40.4 Å². The predicted octanol–water partition coefficient (Wildman–Crippen LogP) is 4.66. The summed E-state index contributed by atoms with van der Waals surface area (Å²) in [7, 11) is 0. The molecule has 1 N–H and O–H groups in total. The van der Waals surface area contributed by atoms with Crippen molar-refractivity contribution in [3.8, 4) is 0 Å². The van der Waals surface area contributed by atoms with Crippen LogP contribution in [0.5, 0.6) is 0 Å². The zero-order valence-electron chi connectivity index (χ0n) is 9.20. The third kappa shape index (κ3) is 2.74. The van der Waals surface area contributed by atoms with Gasteiger partial charge in [-0.15, -0.1) is 11.3 Å². The Kier molecular flexibility index (Phi) is 3.46. The maximum Gasteiger partial charge on any atom is 0.188 e. The molecule has 0 atom stereocenters. The second-order valence-electron chi connectivity index (χ2n) is 3.88. The van der Waals surface area contributed by atoms with Crippen molar-refractivity contribution < 1.29 is 0 Å². The summed E-state index contributed by atoms with van der Waals surface area (Å²) in [5, 5.41) is 6.38. The van der Waals surface area contributed by atoms with Gasteiger partial charge in [0.25, 0.3) is 0 Å². The lowest BCUT2D eigenvalue weighted by Gasteiger charge is -2.07. The number of hydrogen-bond donors (Lipinski definition) is 1. The van der Waals surface area contributed by atoms with Gasteiger partial charge in [0.2, 0.25) is 0 Å². The molecule has 84 valence electrons. The lowest BCUT2D eigenvalue weighted by atomic mass is 10.0. The zero-order valence-corrected chi connectivity index (χ0v) is 10.8. The van der Waals surface area contributed by atoms with Crippen LogP contribution in [0.15, 0.2) is 29.6 Å². The quantitative estimate of drug-likeness (QED) is 0.859. The highest BCUT2D eigenvalue weighted by atomic mass is 35.5. The fraction of sp³-hybridized carbons (Fsp3) is 0.250. The monoisotopic (exact) mass is 252 g/mol.